The number of hydrogen-bond acceptors (Lipinski definition) is 3. The van der Waals surface area contributed by atoms with Gasteiger partial charge in [-0.05, 0) is 36.7 Å². The van der Waals surface area contributed by atoms with Crippen LogP contribution in [0.5, 0.6) is 5.75 Å². The molecule has 0 amide bonds. The molecule has 2 N–H and O–H groups in total. The summed E-state index contributed by atoms with van der Waals surface area (Å²) in [4.78, 5) is 0. The zero-order valence-electron chi connectivity index (χ0n) is 12.3. The van der Waals surface area contributed by atoms with E-state index < -0.39 is 0 Å². The van der Waals surface area contributed by atoms with Crippen LogP contribution in [-0.4, -0.2) is 31.4 Å². The van der Waals surface area contributed by atoms with E-state index in [1.54, 1.807) is 0 Å². The van der Waals surface area contributed by atoms with Gasteiger partial charge in [-0.25, -0.2) is 0 Å². The van der Waals surface area contributed by atoms with E-state index in [1.807, 2.05) is 48.5 Å². The predicted octanol–water partition coefficient (Wildman–Crippen LogP) is 3.78. The Labute approximate surface area is 142 Å². The van der Waals surface area contributed by atoms with Crippen LogP contribution >= 0.6 is 24.0 Å². The molecular weight excluding hydrogens is 321 g/mol. The first-order valence-electron chi connectivity index (χ1n) is 7.10. The molecule has 0 aliphatic carbocycles. The van der Waals surface area contributed by atoms with Crippen molar-refractivity contribution in [3.05, 3.63) is 53.6 Å². The first kappa shape index (κ1) is 18.8. The zero-order valence-corrected chi connectivity index (χ0v) is 13.9. The lowest BCUT2D eigenvalue weighted by molar-refractivity contribution is 0.282. The summed E-state index contributed by atoms with van der Waals surface area (Å²) in [5.41, 5.74) is 2.10. The fourth-order valence-electron chi connectivity index (χ4n) is 2.05. The van der Waals surface area contributed by atoms with E-state index in [-0.39, 0.29) is 19.0 Å². The summed E-state index contributed by atoms with van der Waals surface area (Å²) in [6.45, 7) is 2.24. The monoisotopic (exact) mass is 341 g/mol. The maximum atomic E-state index is 8.68. The highest BCUT2D eigenvalue weighted by Gasteiger charge is 2.07. The second-order valence-corrected chi connectivity index (χ2v) is 5.12. The van der Waals surface area contributed by atoms with Gasteiger partial charge in [0.05, 0.1) is 13.2 Å². The van der Waals surface area contributed by atoms with Crippen molar-refractivity contribution in [1.82, 2.24) is 5.32 Å². The summed E-state index contributed by atoms with van der Waals surface area (Å²) in [6.07, 6.45) is 0.886. The number of ether oxygens (including phenoxy) is 1. The van der Waals surface area contributed by atoms with Crippen LogP contribution in [0.25, 0.3) is 11.1 Å². The van der Waals surface area contributed by atoms with Crippen molar-refractivity contribution in [2.75, 3.05) is 26.3 Å². The molecule has 0 saturated heterocycles. The molecule has 5 heteroatoms. The second-order valence-electron chi connectivity index (χ2n) is 4.68. The standard InChI is InChI=1S/C17H20ClNO2.ClH/c18-15-7-8-17(21-12-4-9-19-10-11-20)16(13-15)14-5-2-1-3-6-14;/h1-3,5-8,13,19-20H,4,9-12H2;1H. The first-order valence-corrected chi connectivity index (χ1v) is 7.48. The van der Waals surface area contributed by atoms with Gasteiger partial charge < -0.3 is 15.2 Å². The van der Waals surface area contributed by atoms with Gasteiger partial charge in [0.25, 0.3) is 0 Å². The highest BCUT2D eigenvalue weighted by Crippen LogP contribution is 2.32. The van der Waals surface area contributed by atoms with E-state index in [1.165, 1.54) is 0 Å². The molecule has 0 saturated carbocycles. The van der Waals surface area contributed by atoms with Crippen molar-refractivity contribution in [3.63, 3.8) is 0 Å². The largest absolute Gasteiger partial charge is 0.493 e. The summed E-state index contributed by atoms with van der Waals surface area (Å²) in [6, 6.07) is 15.7. The maximum absolute atomic E-state index is 8.68. The number of hydrogen-bond donors (Lipinski definition) is 2. The van der Waals surface area contributed by atoms with E-state index in [9.17, 15) is 0 Å². The lowest BCUT2D eigenvalue weighted by atomic mass is 10.0. The Morgan fingerprint density at radius 1 is 1.05 bits per heavy atom. The third-order valence-corrected chi connectivity index (χ3v) is 3.31. The molecule has 0 spiro atoms. The molecule has 120 valence electrons. The summed E-state index contributed by atoms with van der Waals surface area (Å²) in [5, 5.41) is 12.5. The molecule has 2 rings (SSSR count). The molecule has 2 aromatic rings. The summed E-state index contributed by atoms with van der Waals surface area (Å²) >= 11 is 6.10. The van der Waals surface area contributed by atoms with E-state index in [0.29, 0.717) is 18.2 Å². The number of benzene rings is 2. The molecule has 2 aromatic carbocycles. The van der Waals surface area contributed by atoms with Crippen LogP contribution in [0, 0.1) is 0 Å². The number of aliphatic hydroxyl groups is 1. The number of aliphatic hydroxyl groups excluding tert-OH is 1. The van der Waals surface area contributed by atoms with Gasteiger partial charge >= 0.3 is 0 Å². The molecule has 0 radical (unpaired) electrons. The van der Waals surface area contributed by atoms with Crippen LogP contribution in [0.4, 0.5) is 0 Å². The highest BCUT2D eigenvalue weighted by molar-refractivity contribution is 6.31. The zero-order chi connectivity index (χ0) is 14.9. The van der Waals surface area contributed by atoms with Crippen LogP contribution in [0.15, 0.2) is 48.5 Å². The first-order chi connectivity index (χ1) is 10.3. The van der Waals surface area contributed by atoms with Crippen LogP contribution in [0.2, 0.25) is 5.02 Å². The number of nitrogens with one attached hydrogen (secondary N) is 1. The maximum Gasteiger partial charge on any atom is 0.127 e. The Morgan fingerprint density at radius 2 is 1.82 bits per heavy atom. The SMILES string of the molecule is Cl.OCCNCCCOc1ccc(Cl)cc1-c1ccccc1. The molecule has 0 aliphatic heterocycles. The van der Waals surface area contributed by atoms with Crippen molar-refractivity contribution >= 4 is 24.0 Å². The van der Waals surface area contributed by atoms with Crippen LogP contribution < -0.4 is 10.1 Å². The minimum absolute atomic E-state index is 0. The van der Waals surface area contributed by atoms with Crippen molar-refractivity contribution < 1.29 is 9.84 Å². The Bertz CT molecular complexity index is 550. The summed E-state index contributed by atoms with van der Waals surface area (Å²) in [5.74, 6) is 0.841. The van der Waals surface area contributed by atoms with E-state index in [2.05, 4.69) is 5.32 Å². The smallest absolute Gasteiger partial charge is 0.127 e. The lowest BCUT2D eigenvalue weighted by Crippen LogP contribution is -2.20. The van der Waals surface area contributed by atoms with Crippen molar-refractivity contribution in [1.29, 1.82) is 0 Å². The predicted molar refractivity (Wildman–Crippen MR) is 94.2 cm³/mol. The third-order valence-electron chi connectivity index (χ3n) is 3.07. The van der Waals surface area contributed by atoms with Gasteiger partial charge in [0.1, 0.15) is 5.75 Å². The average molecular weight is 342 g/mol. The van der Waals surface area contributed by atoms with E-state index in [0.717, 1.165) is 29.8 Å². The fraction of sp³-hybridized carbons (Fsp3) is 0.294. The Balaban J connectivity index is 0.00000242. The average Bonchev–Trinajstić information content (AvgIpc) is 2.53. The number of rotatable bonds is 8. The lowest BCUT2D eigenvalue weighted by Gasteiger charge is -2.12. The fourth-order valence-corrected chi connectivity index (χ4v) is 2.23. The van der Waals surface area contributed by atoms with Gasteiger partial charge in [-0.15, -0.1) is 12.4 Å². The molecule has 0 fully saturated rings. The van der Waals surface area contributed by atoms with Gasteiger partial charge in [-0.1, -0.05) is 41.9 Å². The van der Waals surface area contributed by atoms with Crippen molar-refractivity contribution in [2.24, 2.45) is 0 Å². The normalized spacial score (nSPS) is 10.1. The van der Waals surface area contributed by atoms with E-state index >= 15 is 0 Å². The van der Waals surface area contributed by atoms with Crippen LogP contribution in [-0.2, 0) is 0 Å². The topological polar surface area (TPSA) is 41.5 Å². The van der Waals surface area contributed by atoms with Gasteiger partial charge in [-0.2, -0.15) is 0 Å². The quantitative estimate of drug-likeness (QED) is 0.718. The molecule has 0 bridgehead atoms. The second kappa shape index (κ2) is 10.5. The molecular formula is C17H21Cl2NO2. The molecule has 22 heavy (non-hydrogen) atoms. The molecule has 0 aliphatic rings. The Kier molecular flexibility index (Phi) is 8.94. The minimum atomic E-state index is 0. The molecule has 0 heterocycles. The summed E-state index contributed by atoms with van der Waals surface area (Å²) in [7, 11) is 0. The number of halogens is 2. The van der Waals surface area contributed by atoms with Crippen LogP contribution in [0.1, 0.15) is 6.42 Å². The van der Waals surface area contributed by atoms with Crippen molar-refractivity contribution in [2.45, 2.75) is 6.42 Å². The molecule has 0 unspecified atom stereocenters. The van der Waals surface area contributed by atoms with Crippen LogP contribution in [0.3, 0.4) is 0 Å². The highest BCUT2D eigenvalue weighted by atomic mass is 35.5. The van der Waals surface area contributed by atoms with Gasteiger partial charge in [0, 0.05) is 17.1 Å². The minimum Gasteiger partial charge on any atom is -0.493 e. The molecule has 0 atom stereocenters. The molecule has 0 aromatic heterocycles. The van der Waals surface area contributed by atoms with Crippen molar-refractivity contribution in [3.8, 4) is 16.9 Å². The van der Waals surface area contributed by atoms with Gasteiger partial charge in [-0.3, -0.25) is 0 Å². The Morgan fingerprint density at radius 3 is 2.55 bits per heavy atom. The summed E-state index contributed by atoms with van der Waals surface area (Å²) < 4.78 is 5.87. The van der Waals surface area contributed by atoms with Gasteiger partial charge in [0.15, 0.2) is 0 Å². The Hall–Kier alpha value is -1.26. The van der Waals surface area contributed by atoms with Gasteiger partial charge in [0.2, 0.25) is 0 Å². The van der Waals surface area contributed by atoms with E-state index in [4.69, 9.17) is 21.4 Å². The molecule has 3 nitrogen and oxygen atoms in total. The third kappa shape index (κ3) is 5.85.